The van der Waals surface area contributed by atoms with Crippen LogP contribution < -0.4 is 0 Å². The summed E-state index contributed by atoms with van der Waals surface area (Å²) < 4.78 is 0. The van der Waals surface area contributed by atoms with Gasteiger partial charge < -0.3 is 0 Å². The average Bonchev–Trinajstić information content (AvgIpc) is 2.21. The van der Waals surface area contributed by atoms with Gasteiger partial charge in [0.15, 0.2) is 0 Å². The van der Waals surface area contributed by atoms with E-state index >= 15 is 0 Å². The Bertz CT molecular complexity index is 372. The zero-order valence-corrected chi connectivity index (χ0v) is 9.46. The first kappa shape index (κ1) is 10.8. The standard InChI is InChI=1S/C12H12.C2H6/c1-9-3-5-12-8-10(2)4-6-11(12)7-9;1-2/h3-8H,1-2H3;1-2H3. The lowest BCUT2D eigenvalue weighted by Crippen LogP contribution is -1.76. The van der Waals surface area contributed by atoms with Crippen molar-refractivity contribution >= 4 is 10.8 Å². The van der Waals surface area contributed by atoms with Gasteiger partial charge in [-0.05, 0) is 24.6 Å². The largest absolute Gasteiger partial charge is 0.0683 e. The van der Waals surface area contributed by atoms with Crippen LogP contribution in [0.1, 0.15) is 25.0 Å². The predicted molar refractivity (Wildman–Crippen MR) is 64.8 cm³/mol. The van der Waals surface area contributed by atoms with Crippen molar-refractivity contribution in [1.82, 2.24) is 0 Å². The van der Waals surface area contributed by atoms with Gasteiger partial charge in [0.25, 0.3) is 0 Å². The fraction of sp³-hybridized carbons (Fsp3) is 0.286. The molecule has 2 aromatic rings. The molecule has 0 bridgehead atoms. The first-order valence-corrected chi connectivity index (χ1v) is 5.23. The summed E-state index contributed by atoms with van der Waals surface area (Å²) in [5.74, 6) is 0. The second kappa shape index (κ2) is 4.80. The van der Waals surface area contributed by atoms with Gasteiger partial charge in [-0.1, -0.05) is 61.4 Å². The van der Waals surface area contributed by atoms with Gasteiger partial charge in [0, 0.05) is 0 Å². The molecule has 0 heterocycles. The summed E-state index contributed by atoms with van der Waals surface area (Å²) in [6, 6.07) is 13.1. The molecule has 0 aliphatic heterocycles. The molecule has 14 heavy (non-hydrogen) atoms. The zero-order valence-electron chi connectivity index (χ0n) is 9.46. The lowest BCUT2D eigenvalue weighted by atomic mass is 10.1. The van der Waals surface area contributed by atoms with Crippen molar-refractivity contribution in [3.05, 3.63) is 47.5 Å². The number of hydrogen-bond donors (Lipinski definition) is 0. The summed E-state index contributed by atoms with van der Waals surface area (Å²) >= 11 is 0. The van der Waals surface area contributed by atoms with E-state index in [9.17, 15) is 0 Å². The number of rotatable bonds is 0. The maximum absolute atomic E-state index is 2.22. The molecule has 0 amide bonds. The normalized spacial score (nSPS) is 9.43. The Balaban J connectivity index is 0.000000461. The van der Waals surface area contributed by atoms with E-state index in [4.69, 9.17) is 0 Å². The van der Waals surface area contributed by atoms with E-state index in [0.29, 0.717) is 0 Å². The summed E-state index contributed by atoms with van der Waals surface area (Å²) in [4.78, 5) is 0. The third kappa shape index (κ3) is 2.35. The van der Waals surface area contributed by atoms with Crippen LogP contribution in [-0.4, -0.2) is 0 Å². The van der Waals surface area contributed by atoms with E-state index in [2.05, 4.69) is 50.2 Å². The number of benzene rings is 2. The Labute approximate surface area is 86.6 Å². The second-order valence-corrected chi connectivity index (χ2v) is 3.35. The molecule has 0 unspecified atom stereocenters. The van der Waals surface area contributed by atoms with Crippen LogP contribution >= 0.6 is 0 Å². The van der Waals surface area contributed by atoms with Gasteiger partial charge in [-0.2, -0.15) is 0 Å². The highest BCUT2D eigenvalue weighted by Gasteiger charge is 1.92. The van der Waals surface area contributed by atoms with Crippen molar-refractivity contribution in [2.45, 2.75) is 27.7 Å². The van der Waals surface area contributed by atoms with Crippen LogP contribution in [0.4, 0.5) is 0 Å². The smallest absolute Gasteiger partial charge is 0.0181 e. The van der Waals surface area contributed by atoms with Gasteiger partial charge in [0.05, 0.1) is 0 Å². The van der Waals surface area contributed by atoms with Crippen molar-refractivity contribution in [3.8, 4) is 0 Å². The van der Waals surface area contributed by atoms with E-state index < -0.39 is 0 Å². The van der Waals surface area contributed by atoms with E-state index in [1.807, 2.05) is 13.8 Å². The van der Waals surface area contributed by atoms with Gasteiger partial charge in [0.2, 0.25) is 0 Å². The third-order valence-electron chi connectivity index (χ3n) is 2.15. The molecule has 0 saturated carbocycles. The zero-order chi connectivity index (χ0) is 10.6. The van der Waals surface area contributed by atoms with Crippen LogP contribution in [-0.2, 0) is 0 Å². The lowest BCUT2D eigenvalue weighted by Gasteiger charge is -1.99. The highest BCUT2D eigenvalue weighted by molar-refractivity contribution is 5.83. The molecule has 74 valence electrons. The Morgan fingerprint density at radius 3 is 1.36 bits per heavy atom. The van der Waals surface area contributed by atoms with E-state index in [1.54, 1.807) is 0 Å². The Hall–Kier alpha value is -1.30. The molecule has 0 aliphatic rings. The molecule has 2 rings (SSSR count). The average molecular weight is 186 g/mol. The van der Waals surface area contributed by atoms with Crippen LogP contribution in [0.2, 0.25) is 0 Å². The van der Waals surface area contributed by atoms with E-state index in [1.165, 1.54) is 21.9 Å². The molecule has 0 fully saturated rings. The molecule has 0 radical (unpaired) electrons. The fourth-order valence-electron chi connectivity index (χ4n) is 1.48. The molecule has 0 aliphatic carbocycles. The molecule has 0 heteroatoms. The first-order chi connectivity index (χ1) is 6.75. The van der Waals surface area contributed by atoms with Crippen LogP contribution in [0.3, 0.4) is 0 Å². The molecular formula is C14H18. The van der Waals surface area contributed by atoms with Crippen LogP contribution in [0, 0.1) is 13.8 Å². The van der Waals surface area contributed by atoms with Crippen molar-refractivity contribution in [2.24, 2.45) is 0 Å². The van der Waals surface area contributed by atoms with Crippen molar-refractivity contribution in [2.75, 3.05) is 0 Å². The molecule has 0 atom stereocenters. The van der Waals surface area contributed by atoms with Gasteiger partial charge in [-0.25, -0.2) is 0 Å². The second-order valence-electron chi connectivity index (χ2n) is 3.35. The van der Waals surface area contributed by atoms with Crippen LogP contribution in [0.25, 0.3) is 10.8 Å². The summed E-state index contributed by atoms with van der Waals surface area (Å²) in [6.45, 7) is 8.25. The Morgan fingerprint density at radius 2 is 1.00 bits per heavy atom. The van der Waals surface area contributed by atoms with Gasteiger partial charge >= 0.3 is 0 Å². The maximum Gasteiger partial charge on any atom is -0.0181 e. The van der Waals surface area contributed by atoms with Gasteiger partial charge in [0.1, 0.15) is 0 Å². The third-order valence-corrected chi connectivity index (χ3v) is 2.15. The summed E-state index contributed by atoms with van der Waals surface area (Å²) in [5.41, 5.74) is 2.65. The Morgan fingerprint density at radius 1 is 0.643 bits per heavy atom. The minimum atomic E-state index is 1.33. The van der Waals surface area contributed by atoms with Crippen LogP contribution in [0.15, 0.2) is 36.4 Å². The lowest BCUT2D eigenvalue weighted by molar-refractivity contribution is 1.47. The minimum Gasteiger partial charge on any atom is -0.0683 e. The number of hydrogen-bond acceptors (Lipinski definition) is 0. The molecule has 0 nitrogen and oxygen atoms in total. The summed E-state index contributed by atoms with van der Waals surface area (Å²) in [6.07, 6.45) is 0. The van der Waals surface area contributed by atoms with Crippen LogP contribution in [0.5, 0.6) is 0 Å². The maximum atomic E-state index is 2.22. The molecule has 0 aromatic heterocycles. The molecule has 2 aromatic carbocycles. The summed E-state index contributed by atoms with van der Waals surface area (Å²) in [5, 5.41) is 2.67. The quantitative estimate of drug-likeness (QED) is 0.569. The minimum absolute atomic E-state index is 1.33. The highest BCUT2D eigenvalue weighted by Crippen LogP contribution is 2.16. The fourth-order valence-corrected chi connectivity index (χ4v) is 1.48. The Kier molecular flexibility index (Phi) is 3.70. The topological polar surface area (TPSA) is 0 Å². The first-order valence-electron chi connectivity index (χ1n) is 5.23. The van der Waals surface area contributed by atoms with Crippen molar-refractivity contribution in [1.29, 1.82) is 0 Å². The SMILES string of the molecule is CC.Cc1ccc2cc(C)ccc2c1. The highest BCUT2D eigenvalue weighted by atomic mass is 14.0. The molecule has 0 spiro atoms. The molecular weight excluding hydrogens is 168 g/mol. The van der Waals surface area contributed by atoms with Gasteiger partial charge in [-0.3, -0.25) is 0 Å². The van der Waals surface area contributed by atoms with E-state index in [0.717, 1.165) is 0 Å². The van der Waals surface area contributed by atoms with Gasteiger partial charge in [-0.15, -0.1) is 0 Å². The predicted octanol–water partition coefficient (Wildman–Crippen LogP) is 4.48. The number of aryl methyl sites for hydroxylation is 2. The van der Waals surface area contributed by atoms with Crippen molar-refractivity contribution < 1.29 is 0 Å². The van der Waals surface area contributed by atoms with Crippen molar-refractivity contribution in [3.63, 3.8) is 0 Å². The van der Waals surface area contributed by atoms with E-state index in [-0.39, 0.29) is 0 Å². The number of fused-ring (bicyclic) bond motifs is 1. The molecule has 0 saturated heterocycles. The summed E-state index contributed by atoms with van der Waals surface area (Å²) in [7, 11) is 0. The monoisotopic (exact) mass is 186 g/mol. The molecule has 0 N–H and O–H groups in total.